The van der Waals surface area contributed by atoms with Crippen LogP contribution in [0.5, 0.6) is 0 Å². The second kappa shape index (κ2) is 11.6. The first-order valence-electron chi connectivity index (χ1n) is 9.60. The average Bonchev–Trinajstić information content (AvgIpc) is 2.67. The molecule has 0 spiro atoms. The second-order valence-electron chi connectivity index (χ2n) is 7.26. The zero-order valence-electron chi connectivity index (χ0n) is 17.0. The predicted molar refractivity (Wildman–Crippen MR) is 107 cm³/mol. The van der Waals surface area contributed by atoms with Crippen molar-refractivity contribution in [3.8, 4) is 0 Å². The third kappa shape index (κ3) is 7.19. The minimum Gasteiger partial charge on any atom is -0.391 e. The van der Waals surface area contributed by atoms with Gasteiger partial charge in [-0.25, -0.2) is 4.39 Å². The number of rotatable bonds is 11. The van der Waals surface area contributed by atoms with Gasteiger partial charge < -0.3 is 27.2 Å². The van der Waals surface area contributed by atoms with Crippen molar-refractivity contribution in [2.45, 2.75) is 51.3 Å². The number of nitrogens with one attached hydrogen (secondary N) is 2. The molecule has 2 unspecified atom stereocenters. The van der Waals surface area contributed by atoms with Crippen LogP contribution in [0.2, 0.25) is 0 Å². The van der Waals surface area contributed by atoms with E-state index in [9.17, 15) is 23.9 Å². The highest BCUT2D eigenvalue weighted by Gasteiger charge is 2.32. The fraction of sp³-hybridized carbons (Fsp3) is 0.550. The number of carbonyl (C=O) groups is 3. The van der Waals surface area contributed by atoms with Gasteiger partial charge in [-0.1, -0.05) is 26.0 Å². The molecular formula is C20H31FN4O4. The Morgan fingerprint density at radius 3 is 2.07 bits per heavy atom. The van der Waals surface area contributed by atoms with Crippen molar-refractivity contribution in [3.63, 3.8) is 0 Å². The van der Waals surface area contributed by atoms with E-state index in [1.165, 1.54) is 31.2 Å². The van der Waals surface area contributed by atoms with Crippen LogP contribution in [0.1, 0.15) is 38.7 Å². The Morgan fingerprint density at radius 2 is 1.62 bits per heavy atom. The van der Waals surface area contributed by atoms with E-state index >= 15 is 0 Å². The Kier molecular flexibility index (Phi) is 9.87. The Hall–Kier alpha value is -2.36. The van der Waals surface area contributed by atoms with Gasteiger partial charge in [0.05, 0.1) is 18.1 Å². The van der Waals surface area contributed by atoms with Gasteiger partial charge in [0.2, 0.25) is 11.8 Å². The molecule has 162 valence electrons. The molecule has 0 aliphatic heterocycles. The zero-order valence-corrected chi connectivity index (χ0v) is 17.0. The number of Topliss-reactive ketones (excluding diaryl/α,β-unsaturated/α-hetero) is 1. The van der Waals surface area contributed by atoms with Crippen molar-refractivity contribution in [2.75, 3.05) is 13.1 Å². The summed E-state index contributed by atoms with van der Waals surface area (Å²) >= 11 is 0. The molecule has 0 bridgehead atoms. The van der Waals surface area contributed by atoms with Crippen molar-refractivity contribution in [1.82, 2.24) is 10.6 Å². The number of aliphatic hydroxyl groups is 1. The molecule has 0 fully saturated rings. The largest absolute Gasteiger partial charge is 0.391 e. The predicted octanol–water partition coefficient (Wildman–Crippen LogP) is -0.208. The summed E-state index contributed by atoms with van der Waals surface area (Å²) in [5.74, 6) is -3.01. The fourth-order valence-corrected chi connectivity index (χ4v) is 2.88. The van der Waals surface area contributed by atoms with Crippen LogP contribution in [-0.2, 0) is 14.4 Å². The highest BCUT2D eigenvalue weighted by molar-refractivity contribution is 5.94. The maximum Gasteiger partial charge on any atom is 0.245 e. The standard InChI is InChI=1S/C20H31FN4O4/c1-11(2)18(27)16(10-23)24-20(29)17(12(3)26)25-19(28)15(8-9-22)13-4-6-14(21)7-5-13/h4-7,11-12,15-17,26H,8-10,22-23H2,1-3H3,(H,24,29)(H,25,28)/t12?,15?,16-,17-/m0/s1. The molecule has 0 saturated carbocycles. The summed E-state index contributed by atoms with van der Waals surface area (Å²) in [5, 5.41) is 15.0. The van der Waals surface area contributed by atoms with Crippen LogP contribution >= 0.6 is 0 Å². The van der Waals surface area contributed by atoms with E-state index in [1.807, 2.05) is 0 Å². The first kappa shape index (κ1) is 24.7. The summed E-state index contributed by atoms with van der Waals surface area (Å²) in [6.07, 6.45) is -0.957. The van der Waals surface area contributed by atoms with Crippen LogP contribution in [0.4, 0.5) is 4.39 Å². The van der Waals surface area contributed by atoms with Gasteiger partial charge in [0.25, 0.3) is 0 Å². The van der Waals surface area contributed by atoms with Crippen molar-refractivity contribution in [2.24, 2.45) is 17.4 Å². The lowest BCUT2D eigenvalue weighted by molar-refractivity contribution is -0.134. The van der Waals surface area contributed by atoms with Crippen LogP contribution < -0.4 is 22.1 Å². The summed E-state index contributed by atoms with van der Waals surface area (Å²) in [6.45, 7) is 4.81. The highest BCUT2D eigenvalue weighted by atomic mass is 19.1. The van der Waals surface area contributed by atoms with Gasteiger partial charge in [0.1, 0.15) is 11.9 Å². The molecule has 7 N–H and O–H groups in total. The molecular weight excluding hydrogens is 379 g/mol. The fourth-order valence-electron chi connectivity index (χ4n) is 2.88. The Morgan fingerprint density at radius 1 is 1.03 bits per heavy atom. The summed E-state index contributed by atoms with van der Waals surface area (Å²) in [5.41, 5.74) is 11.7. The third-order valence-corrected chi connectivity index (χ3v) is 4.57. The van der Waals surface area contributed by atoms with Gasteiger partial charge in [-0.3, -0.25) is 14.4 Å². The number of amides is 2. The first-order chi connectivity index (χ1) is 13.6. The number of benzene rings is 1. The topological polar surface area (TPSA) is 148 Å². The average molecular weight is 410 g/mol. The number of hydrogen-bond donors (Lipinski definition) is 5. The molecule has 0 saturated heterocycles. The van der Waals surface area contributed by atoms with Gasteiger partial charge in [-0.05, 0) is 37.6 Å². The van der Waals surface area contributed by atoms with Crippen molar-refractivity contribution >= 4 is 17.6 Å². The number of carbonyl (C=O) groups excluding carboxylic acids is 3. The maximum absolute atomic E-state index is 13.2. The minimum atomic E-state index is -1.29. The van der Waals surface area contributed by atoms with Crippen molar-refractivity contribution in [1.29, 1.82) is 0 Å². The first-order valence-corrected chi connectivity index (χ1v) is 9.60. The number of halogens is 1. The molecule has 0 aliphatic carbocycles. The SMILES string of the molecule is CC(C)C(=O)[C@H](CN)NC(=O)[C@@H](NC(=O)C(CCN)c1ccc(F)cc1)C(C)O. The van der Waals surface area contributed by atoms with Gasteiger partial charge in [0, 0.05) is 12.5 Å². The number of nitrogens with two attached hydrogens (primary N) is 2. The molecule has 0 radical (unpaired) electrons. The molecule has 0 heterocycles. The van der Waals surface area contributed by atoms with Crippen molar-refractivity contribution in [3.05, 3.63) is 35.6 Å². The van der Waals surface area contributed by atoms with Crippen LogP contribution in [0, 0.1) is 11.7 Å². The summed E-state index contributed by atoms with van der Waals surface area (Å²) in [7, 11) is 0. The van der Waals surface area contributed by atoms with Gasteiger partial charge in [-0.2, -0.15) is 0 Å². The van der Waals surface area contributed by atoms with Crippen LogP contribution in [0.3, 0.4) is 0 Å². The third-order valence-electron chi connectivity index (χ3n) is 4.57. The van der Waals surface area contributed by atoms with Crippen LogP contribution in [0.25, 0.3) is 0 Å². The second-order valence-corrected chi connectivity index (χ2v) is 7.26. The molecule has 1 rings (SSSR count). The van der Waals surface area contributed by atoms with E-state index < -0.39 is 41.7 Å². The van der Waals surface area contributed by atoms with Gasteiger partial charge >= 0.3 is 0 Å². The molecule has 1 aromatic carbocycles. The van der Waals surface area contributed by atoms with Gasteiger partial charge in [-0.15, -0.1) is 0 Å². The lowest BCUT2D eigenvalue weighted by Gasteiger charge is -2.26. The van der Waals surface area contributed by atoms with E-state index in [4.69, 9.17) is 11.5 Å². The molecule has 4 atom stereocenters. The molecule has 1 aromatic rings. The lowest BCUT2D eigenvalue weighted by Crippen LogP contribution is -2.58. The number of ketones is 1. The van der Waals surface area contributed by atoms with E-state index in [0.29, 0.717) is 5.56 Å². The molecule has 0 aliphatic rings. The summed E-state index contributed by atoms with van der Waals surface area (Å²) < 4.78 is 13.2. The summed E-state index contributed by atoms with van der Waals surface area (Å²) in [6, 6.07) is 3.19. The lowest BCUT2D eigenvalue weighted by atomic mass is 9.94. The molecule has 8 nitrogen and oxygen atoms in total. The monoisotopic (exact) mass is 410 g/mol. The Bertz CT molecular complexity index is 694. The van der Waals surface area contributed by atoms with Gasteiger partial charge in [0.15, 0.2) is 5.78 Å². The molecule has 2 amide bonds. The minimum absolute atomic E-state index is 0.103. The van der Waals surface area contributed by atoms with Crippen molar-refractivity contribution < 1.29 is 23.9 Å². The smallest absolute Gasteiger partial charge is 0.245 e. The van der Waals surface area contributed by atoms with E-state index in [2.05, 4.69) is 10.6 Å². The number of aliphatic hydroxyl groups excluding tert-OH is 1. The maximum atomic E-state index is 13.2. The molecule has 29 heavy (non-hydrogen) atoms. The van der Waals surface area contributed by atoms with E-state index in [0.717, 1.165) is 0 Å². The van der Waals surface area contributed by atoms with E-state index in [-0.39, 0.29) is 31.2 Å². The quantitative estimate of drug-likeness (QED) is 0.341. The number of hydrogen-bond acceptors (Lipinski definition) is 6. The normalized spacial score (nSPS) is 15.3. The highest BCUT2D eigenvalue weighted by Crippen LogP contribution is 2.20. The van der Waals surface area contributed by atoms with Crippen LogP contribution in [-0.4, -0.2) is 54.0 Å². The molecule has 9 heteroatoms. The van der Waals surface area contributed by atoms with Crippen LogP contribution in [0.15, 0.2) is 24.3 Å². The zero-order chi connectivity index (χ0) is 22.1. The van der Waals surface area contributed by atoms with E-state index in [1.54, 1.807) is 13.8 Å². The Balaban J connectivity index is 2.97. The Labute approximate surface area is 170 Å². The summed E-state index contributed by atoms with van der Waals surface area (Å²) in [4.78, 5) is 37.5. The molecule has 0 aromatic heterocycles.